The largest absolute Gasteiger partial charge is 0.367 e. The summed E-state index contributed by atoms with van der Waals surface area (Å²) in [6, 6.07) is 10.9. The minimum atomic E-state index is -3.71. The zero-order chi connectivity index (χ0) is 19.0. The number of benzene rings is 1. The summed E-state index contributed by atoms with van der Waals surface area (Å²) >= 11 is 0. The van der Waals surface area contributed by atoms with Gasteiger partial charge in [-0.2, -0.15) is 0 Å². The Hall–Kier alpha value is -2.84. The highest BCUT2D eigenvalue weighted by molar-refractivity contribution is 7.89. The number of rotatable bonds is 3. The van der Waals surface area contributed by atoms with E-state index in [0.717, 1.165) is 35.6 Å². The molecule has 27 heavy (non-hydrogen) atoms. The third-order valence-electron chi connectivity index (χ3n) is 4.66. The number of nitrogens with zero attached hydrogens (tertiary/aromatic N) is 4. The summed E-state index contributed by atoms with van der Waals surface area (Å²) in [5.74, 6) is 0.635. The monoisotopic (exact) mass is 381 g/mol. The second-order valence-corrected chi connectivity index (χ2v) is 8.08. The highest BCUT2D eigenvalue weighted by Crippen LogP contribution is 2.27. The third-order valence-corrected chi connectivity index (χ3v) is 5.73. The van der Waals surface area contributed by atoms with Gasteiger partial charge in [-0.3, -0.25) is 4.98 Å². The maximum Gasteiger partial charge on any atom is 0.238 e. The molecule has 0 unspecified atom stereocenters. The first-order valence-corrected chi connectivity index (χ1v) is 10.1. The lowest BCUT2D eigenvalue weighted by atomic mass is 10.1. The van der Waals surface area contributed by atoms with E-state index in [1.54, 1.807) is 25.3 Å². The fourth-order valence-corrected chi connectivity index (χ4v) is 4.07. The van der Waals surface area contributed by atoms with Crippen LogP contribution in [0.15, 0.2) is 53.7 Å². The van der Waals surface area contributed by atoms with Crippen molar-refractivity contribution >= 4 is 15.7 Å². The van der Waals surface area contributed by atoms with Gasteiger partial charge in [-0.15, -0.1) is 0 Å². The van der Waals surface area contributed by atoms with Gasteiger partial charge in [0.2, 0.25) is 10.0 Å². The number of aromatic nitrogens is 3. The Balaban J connectivity index is 1.60. The van der Waals surface area contributed by atoms with Crippen molar-refractivity contribution in [2.75, 3.05) is 11.4 Å². The number of sulfonamides is 1. The van der Waals surface area contributed by atoms with Gasteiger partial charge in [0.25, 0.3) is 0 Å². The maximum atomic E-state index is 11.6. The smallest absolute Gasteiger partial charge is 0.238 e. The summed E-state index contributed by atoms with van der Waals surface area (Å²) in [5.41, 5.74) is 4.45. The van der Waals surface area contributed by atoms with E-state index in [1.807, 2.05) is 30.5 Å². The Kier molecular flexibility index (Phi) is 4.37. The van der Waals surface area contributed by atoms with Crippen LogP contribution in [0.3, 0.4) is 0 Å². The number of hydrogen-bond acceptors (Lipinski definition) is 6. The molecule has 8 heteroatoms. The van der Waals surface area contributed by atoms with E-state index in [-0.39, 0.29) is 4.90 Å². The van der Waals surface area contributed by atoms with Crippen molar-refractivity contribution < 1.29 is 8.42 Å². The molecule has 1 aliphatic heterocycles. The first kappa shape index (κ1) is 17.6. The molecule has 2 aromatic heterocycles. The Labute approximate surface area is 158 Å². The van der Waals surface area contributed by atoms with Gasteiger partial charge in [0.1, 0.15) is 5.69 Å². The van der Waals surface area contributed by atoms with Crippen LogP contribution in [0.2, 0.25) is 0 Å². The number of fused-ring (bicyclic) bond motifs is 1. The molecule has 0 aliphatic carbocycles. The van der Waals surface area contributed by atoms with Gasteiger partial charge in [-0.1, -0.05) is 6.07 Å². The number of primary sulfonamides is 1. The predicted molar refractivity (Wildman–Crippen MR) is 103 cm³/mol. The van der Waals surface area contributed by atoms with Crippen molar-refractivity contribution in [3.05, 3.63) is 65.6 Å². The molecule has 3 heterocycles. The number of nitrogens with two attached hydrogens (primary N) is 1. The summed E-state index contributed by atoms with van der Waals surface area (Å²) in [7, 11) is -3.71. The molecule has 0 fully saturated rings. The first-order chi connectivity index (χ1) is 12.9. The molecule has 0 radical (unpaired) electrons. The number of hydrogen-bond donors (Lipinski definition) is 1. The highest BCUT2D eigenvalue weighted by Gasteiger charge is 2.21. The van der Waals surface area contributed by atoms with Crippen molar-refractivity contribution in [1.82, 2.24) is 15.0 Å². The lowest BCUT2D eigenvalue weighted by molar-refractivity contribution is 0.597. The highest BCUT2D eigenvalue weighted by atomic mass is 32.2. The van der Waals surface area contributed by atoms with Gasteiger partial charge in [0.15, 0.2) is 5.82 Å². The van der Waals surface area contributed by atoms with E-state index in [0.29, 0.717) is 17.9 Å². The second kappa shape index (κ2) is 6.71. The normalized spacial score (nSPS) is 14.1. The quantitative estimate of drug-likeness (QED) is 0.745. The Bertz CT molecular complexity index is 1100. The van der Waals surface area contributed by atoms with E-state index >= 15 is 0 Å². The number of anilines is 1. The van der Waals surface area contributed by atoms with Crippen molar-refractivity contribution in [2.24, 2.45) is 5.14 Å². The fourth-order valence-electron chi connectivity index (χ4n) is 3.30. The van der Waals surface area contributed by atoms with E-state index in [9.17, 15) is 8.42 Å². The minimum absolute atomic E-state index is 0.159. The Morgan fingerprint density at radius 3 is 2.70 bits per heavy atom. The van der Waals surface area contributed by atoms with Gasteiger partial charge >= 0.3 is 0 Å². The molecule has 2 N–H and O–H groups in total. The van der Waals surface area contributed by atoms with E-state index in [1.165, 1.54) is 0 Å². The fraction of sp³-hybridized carbons (Fsp3) is 0.211. The summed E-state index contributed by atoms with van der Waals surface area (Å²) < 4.78 is 23.2. The SMILES string of the molecule is Cc1cc(N2CCc3nc(-c4ccccn4)ncc3C2)ccc1S(N)(=O)=O. The molecule has 0 saturated carbocycles. The summed E-state index contributed by atoms with van der Waals surface area (Å²) in [6.45, 7) is 3.22. The van der Waals surface area contributed by atoms with Crippen LogP contribution in [0.4, 0.5) is 5.69 Å². The average Bonchev–Trinajstić information content (AvgIpc) is 2.67. The average molecular weight is 381 g/mol. The maximum absolute atomic E-state index is 11.6. The van der Waals surface area contributed by atoms with Crippen LogP contribution in [-0.2, 0) is 23.0 Å². The van der Waals surface area contributed by atoms with E-state index < -0.39 is 10.0 Å². The van der Waals surface area contributed by atoms with E-state index in [4.69, 9.17) is 5.14 Å². The van der Waals surface area contributed by atoms with Gasteiger partial charge in [-0.05, 0) is 42.8 Å². The Morgan fingerprint density at radius 1 is 1.15 bits per heavy atom. The molecule has 0 bridgehead atoms. The van der Waals surface area contributed by atoms with Crippen LogP contribution in [0.5, 0.6) is 0 Å². The molecule has 138 valence electrons. The first-order valence-electron chi connectivity index (χ1n) is 8.56. The molecule has 0 atom stereocenters. The van der Waals surface area contributed by atoms with Crippen molar-refractivity contribution in [2.45, 2.75) is 24.8 Å². The Morgan fingerprint density at radius 2 is 2.00 bits per heavy atom. The van der Waals surface area contributed by atoms with Crippen molar-refractivity contribution in [3.8, 4) is 11.5 Å². The second-order valence-electron chi connectivity index (χ2n) is 6.55. The zero-order valence-corrected chi connectivity index (χ0v) is 15.6. The van der Waals surface area contributed by atoms with Crippen LogP contribution in [0.1, 0.15) is 16.8 Å². The molecule has 7 nitrogen and oxygen atoms in total. The van der Waals surface area contributed by atoms with Crippen molar-refractivity contribution in [1.29, 1.82) is 0 Å². The van der Waals surface area contributed by atoms with Gasteiger partial charge in [0.05, 0.1) is 10.6 Å². The molecular formula is C19H19N5O2S. The molecule has 4 rings (SSSR count). The molecule has 3 aromatic rings. The number of pyridine rings is 1. The van der Waals surface area contributed by atoms with Crippen LogP contribution in [-0.4, -0.2) is 29.9 Å². The predicted octanol–water partition coefficient (Wildman–Crippen LogP) is 2.06. The summed E-state index contributed by atoms with van der Waals surface area (Å²) in [6.07, 6.45) is 4.37. The minimum Gasteiger partial charge on any atom is -0.367 e. The molecule has 0 spiro atoms. The topological polar surface area (TPSA) is 102 Å². The molecule has 1 aliphatic rings. The molecule has 0 amide bonds. The van der Waals surface area contributed by atoms with Crippen LogP contribution in [0.25, 0.3) is 11.5 Å². The van der Waals surface area contributed by atoms with Crippen molar-refractivity contribution in [3.63, 3.8) is 0 Å². The van der Waals surface area contributed by atoms with Crippen LogP contribution >= 0.6 is 0 Å². The number of aryl methyl sites for hydroxylation is 1. The molecular weight excluding hydrogens is 362 g/mol. The standard InChI is InChI=1S/C19H19N5O2S/c1-13-10-15(5-6-18(13)27(20,25)26)24-9-7-16-14(12-24)11-22-19(23-16)17-4-2-3-8-21-17/h2-6,8,10-11H,7,9,12H2,1H3,(H2,20,25,26). The van der Waals surface area contributed by atoms with Gasteiger partial charge in [-0.25, -0.2) is 23.5 Å². The third kappa shape index (κ3) is 3.54. The summed E-state index contributed by atoms with van der Waals surface area (Å²) in [5, 5.41) is 5.25. The van der Waals surface area contributed by atoms with Crippen LogP contribution in [0, 0.1) is 6.92 Å². The van der Waals surface area contributed by atoms with Crippen LogP contribution < -0.4 is 10.0 Å². The lowest BCUT2D eigenvalue weighted by Gasteiger charge is -2.30. The van der Waals surface area contributed by atoms with Gasteiger partial charge in [0, 0.05) is 43.2 Å². The molecule has 1 aromatic carbocycles. The zero-order valence-electron chi connectivity index (χ0n) is 14.8. The molecule has 0 saturated heterocycles. The van der Waals surface area contributed by atoms with Gasteiger partial charge < -0.3 is 4.90 Å². The lowest BCUT2D eigenvalue weighted by Crippen LogP contribution is -2.31. The summed E-state index contributed by atoms with van der Waals surface area (Å²) in [4.78, 5) is 15.8. The van der Waals surface area contributed by atoms with E-state index in [2.05, 4.69) is 19.9 Å².